The fourth-order valence-electron chi connectivity index (χ4n) is 2.36. The van der Waals surface area contributed by atoms with E-state index in [1.54, 1.807) is 0 Å². The second-order valence-electron chi connectivity index (χ2n) is 5.21. The van der Waals surface area contributed by atoms with Gasteiger partial charge in [0.25, 0.3) is 5.91 Å². The van der Waals surface area contributed by atoms with Gasteiger partial charge in [-0.2, -0.15) is 0 Å². The molecule has 0 radical (unpaired) electrons. The monoisotopic (exact) mass is 316 g/mol. The Morgan fingerprint density at radius 1 is 1.32 bits per heavy atom. The van der Waals surface area contributed by atoms with E-state index in [0.717, 1.165) is 18.6 Å². The molecule has 2 amide bonds. The van der Waals surface area contributed by atoms with Crippen molar-refractivity contribution >= 4 is 23.5 Å². The summed E-state index contributed by atoms with van der Waals surface area (Å²) in [5.41, 5.74) is 3.74. The number of benzene rings is 1. The van der Waals surface area contributed by atoms with Gasteiger partial charge in [0.1, 0.15) is 5.82 Å². The number of hydrogen-bond acceptors (Lipinski definition) is 4. The molecule has 2 rings (SSSR count). The van der Waals surface area contributed by atoms with E-state index >= 15 is 0 Å². The van der Waals surface area contributed by atoms with Gasteiger partial charge in [0.05, 0.1) is 5.56 Å². The van der Waals surface area contributed by atoms with E-state index in [9.17, 15) is 23.9 Å². The van der Waals surface area contributed by atoms with Crippen LogP contribution in [0, 0.1) is 11.2 Å². The minimum atomic E-state index is -1.24. The molecule has 0 atom stereocenters. The summed E-state index contributed by atoms with van der Waals surface area (Å²) in [4.78, 5) is 34.0. The summed E-state index contributed by atoms with van der Waals surface area (Å²) < 4.78 is 13.3. The zero-order valence-electron chi connectivity index (χ0n) is 12.1. The summed E-state index contributed by atoms with van der Waals surface area (Å²) in [7, 11) is 0. The van der Waals surface area contributed by atoms with Crippen LogP contribution in [0.2, 0.25) is 0 Å². The van der Waals surface area contributed by atoms with E-state index in [1.165, 1.54) is 6.07 Å². The van der Waals surface area contributed by atoms with Crippen molar-refractivity contribution in [1.82, 2.24) is 0 Å². The molecule has 0 unspecified atom stereocenters. The van der Waals surface area contributed by atoms with Crippen LogP contribution in [-0.2, 0) is 9.59 Å². The summed E-state index contributed by atoms with van der Waals surface area (Å²) in [6.07, 6.45) is 1.33. The molecule has 0 heterocycles. The third-order valence-electron chi connectivity index (χ3n) is 3.76. The Kier molecular flexibility index (Phi) is 6.10. The van der Waals surface area contributed by atoms with Gasteiger partial charge in [-0.15, -0.1) is 0 Å². The van der Waals surface area contributed by atoms with Crippen molar-refractivity contribution in [2.75, 3.05) is 5.32 Å². The molecule has 0 saturated heterocycles. The molecule has 1 aliphatic rings. The van der Waals surface area contributed by atoms with Gasteiger partial charge in [0.2, 0.25) is 5.91 Å². The van der Waals surface area contributed by atoms with E-state index in [2.05, 4.69) is 5.32 Å². The zero-order chi connectivity index (χ0) is 15.6. The van der Waals surface area contributed by atoms with Crippen molar-refractivity contribution in [3.63, 3.8) is 0 Å². The van der Waals surface area contributed by atoms with Crippen LogP contribution in [0.25, 0.3) is 0 Å². The van der Waals surface area contributed by atoms with Crippen LogP contribution in [0.4, 0.5) is 10.1 Å². The summed E-state index contributed by atoms with van der Waals surface area (Å²) in [5.74, 6) is -3.50. The van der Waals surface area contributed by atoms with Crippen LogP contribution in [0.5, 0.6) is 0 Å². The molecule has 112 valence electrons. The Labute approximate surface area is 148 Å². The molecule has 1 fully saturated rings. The predicted octanol–water partition coefficient (Wildman–Crippen LogP) is -2.82. The number of nitrogens with one attached hydrogen (secondary N) is 1. The van der Waals surface area contributed by atoms with Crippen molar-refractivity contribution in [2.45, 2.75) is 25.7 Å². The first-order chi connectivity index (χ1) is 9.84. The van der Waals surface area contributed by atoms with Crippen LogP contribution < -0.4 is 45.7 Å². The molecule has 3 N–H and O–H groups in total. The van der Waals surface area contributed by atoms with Gasteiger partial charge < -0.3 is 21.0 Å². The van der Waals surface area contributed by atoms with Crippen LogP contribution >= 0.6 is 0 Å². The minimum absolute atomic E-state index is 0. The smallest absolute Gasteiger partial charge is 0.550 e. The van der Waals surface area contributed by atoms with Crippen molar-refractivity contribution in [1.29, 1.82) is 0 Å². The Hall–Kier alpha value is -1.44. The zero-order valence-corrected chi connectivity index (χ0v) is 14.1. The molecule has 1 aromatic carbocycles. The largest absolute Gasteiger partial charge is 1.00 e. The van der Waals surface area contributed by atoms with Gasteiger partial charge in [-0.05, 0) is 31.0 Å². The van der Waals surface area contributed by atoms with Gasteiger partial charge >= 0.3 is 29.6 Å². The van der Waals surface area contributed by atoms with Crippen LogP contribution in [0.15, 0.2) is 18.2 Å². The molecule has 1 saturated carbocycles. The number of rotatable bonds is 5. The Morgan fingerprint density at radius 2 is 1.95 bits per heavy atom. The van der Waals surface area contributed by atoms with Gasteiger partial charge in [0, 0.05) is 23.5 Å². The molecule has 0 spiro atoms. The minimum Gasteiger partial charge on any atom is -0.550 e. The first-order valence-corrected chi connectivity index (χ1v) is 6.45. The number of halogens is 1. The Balaban J connectivity index is 0.00000242. The number of nitrogens with two attached hydrogens (primary N) is 1. The van der Waals surface area contributed by atoms with Crippen molar-refractivity contribution in [3.05, 3.63) is 29.6 Å². The molecule has 1 aliphatic carbocycles. The number of carboxylic acids is 1. The number of carboxylic acid groups (broad SMARTS) is 1. The summed E-state index contributed by atoms with van der Waals surface area (Å²) in [6.45, 7) is 0. The third kappa shape index (κ3) is 3.85. The van der Waals surface area contributed by atoms with Crippen molar-refractivity contribution in [3.8, 4) is 0 Å². The molecule has 0 aromatic heterocycles. The summed E-state index contributed by atoms with van der Waals surface area (Å²) in [5, 5.41) is 13.5. The molecule has 1 aromatic rings. The van der Waals surface area contributed by atoms with E-state index in [1.807, 2.05) is 0 Å². The second kappa shape index (κ2) is 7.21. The first kappa shape index (κ1) is 18.6. The van der Waals surface area contributed by atoms with E-state index in [4.69, 9.17) is 5.73 Å². The standard InChI is InChI=1S/C14H15FN2O4.Na/c15-10-3-2-8(6-9(10)12(16)19)17-11(18)7-14(13(20)21)4-1-5-14;/h2-3,6H,1,4-5,7H2,(H2,16,19)(H,17,18)(H,20,21);/q;+1/p-1. The molecule has 6 nitrogen and oxygen atoms in total. The normalized spacial score (nSPS) is 15.1. The van der Waals surface area contributed by atoms with Crippen LogP contribution in [0.1, 0.15) is 36.0 Å². The number of amides is 2. The molecule has 8 heteroatoms. The molecular weight excluding hydrogens is 302 g/mol. The van der Waals surface area contributed by atoms with Gasteiger partial charge in [0.15, 0.2) is 0 Å². The maximum atomic E-state index is 13.3. The fourth-order valence-corrected chi connectivity index (χ4v) is 2.36. The van der Waals surface area contributed by atoms with E-state index < -0.39 is 29.0 Å². The predicted molar refractivity (Wildman–Crippen MR) is 69.5 cm³/mol. The average Bonchev–Trinajstić information content (AvgIpc) is 2.35. The fraction of sp³-hybridized carbons (Fsp3) is 0.357. The van der Waals surface area contributed by atoms with Crippen molar-refractivity contribution in [2.24, 2.45) is 11.1 Å². The summed E-state index contributed by atoms with van der Waals surface area (Å²) >= 11 is 0. The van der Waals surface area contributed by atoms with E-state index in [-0.39, 0.29) is 47.2 Å². The summed E-state index contributed by atoms with van der Waals surface area (Å²) in [6, 6.07) is 3.39. The quantitative estimate of drug-likeness (QED) is 0.570. The maximum Gasteiger partial charge on any atom is 1.00 e. The maximum absolute atomic E-state index is 13.3. The molecular formula is C14H14FN2NaO4. The second-order valence-corrected chi connectivity index (χ2v) is 5.21. The SMILES string of the molecule is NC(=O)c1cc(NC(=O)CC2(C(=O)[O-])CCC2)ccc1F.[Na+]. The molecule has 0 bridgehead atoms. The number of aliphatic carboxylic acids is 1. The van der Waals surface area contributed by atoms with Gasteiger partial charge in [-0.1, -0.05) is 6.42 Å². The van der Waals surface area contributed by atoms with Crippen LogP contribution in [0.3, 0.4) is 0 Å². The Morgan fingerprint density at radius 3 is 2.41 bits per heavy atom. The molecule has 22 heavy (non-hydrogen) atoms. The number of carbonyl (C=O) groups excluding carboxylic acids is 3. The van der Waals surface area contributed by atoms with E-state index in [0.29, 0.717) is 12.8 Å². The third-order valence-corrected chi connectivity index (χ3v) is 3.76. The topological polar surface area (TPSA) is 112 Å². The number of anilines is 1. The van der Waals surface area contributed by atoms with Crippen molar-refractivity contribution < 1.29 is 53.4 Å². The first-order valence-electron chi connectivity index (χ1n) is 6.45. The van der Waals surface area contributed by atoms with Gasteiger partial charge in [-0.3, -0.25) is 9.59 Å². The average molecular weight is 316 g/mol. The van der Waals surface area contributed by atoms with Gasteiger partial charge in [-0.25, -0.2) is 4.39 Å². The number of carbonyl (C=O) groups is 3. The number of primary amides is 1. The molecule has 0 aliphatic heterocycles. The Bertz CT molecular complexity index is 617. The number of hydrogen-bond donors (Lipinski definition) is 2. The van der Waals surface area contributed by atoms with Crippen LogP contribution in [-0.4, -0.2) is 17.8 Å².